The van der Waals surface area contributed by atoms with Gasteiger partial charge in [-0.1, -0.05) is 0 Å². The SMILES string of the molecule is CN(C)C(=O)C12CCC(CN)(CC1)CC2. The minimum atomic E-state index is -0.0274. The van der Waals surface area contributed by atoms with Gasteiger partial charge in [0.2, 0.25) is 5.91 Å². The highest BCUT2D eigenvalue weighted by molar-refractivity contribution is 5.82. The number of hydrogen-bond acceptors (Lipinski definition) is 2. The Labute approximate surface area is 92.0 Å². The standard InChI is InChI=1S/C12H22N2O/c1-14(2)10(15)12-6-3-11(9-13,4-7-12)5-8-12/h3-9,13H2,1-2H3. The number of hydrogen-bond donors (Lipinski definition) is 1. The molecular weight excluding hydrogens is 188 g/mol. The number of rotatable bonds is 2. The summed E-state index contributed by atoms with van der Waals surface area (Å²) >= 11 is 0. The molecule has 2 N–H and O–H groups in total. The Morgan fingerprint density at radius 1 is 1.13 bits per heavy atom. The summed E-state index contributed by atoms with van der Waals surface area (Å²) in [5.74, 6) is 0.341. The zero-order chi connectivity index (χ0) is 11.1. The molecule has 3 saturated carbocycles. The molecule has 0 aromatic carbocycles. The third-order valence-electron chi connectivity index (χ3n) is 4.69. The monoisotopic (exact) mass is 210 g/mol. The van der Waals surface area contributed by atoms with Crippen LogP contribution in [-0.2, 0) is 4.79 Å². The van der Waals surface area contributed by atoms with Crippen molar-refractivity contribution in [2.24, 2.45) is 16.6 Å². The fraction of sp³-hybridized carbons (Fsp3) is 0.917. The molecule has 0 heterocycles. The van der Waals surface area contributed by atoms with Gasteiger partial charge in [0, 0.05) is 19.5 Å². The Kier molecular flexibility index (Phi) is 2.53. The molecule has 0 spiro atoms. The fourth-order valence-electron chi connectivity index (χ4n) is 3.36. The zero-order valence-electron chi connectivity index (χ0n) is 9.88. The Hall–Kier alpha value is -0.570. The molecule has 3 aliphatic rings. The van der Waals surface area contributed by atoms with E-state index < -0.39 is 0 Å². The van der Waals surface area contributed by atoms with Crippen molar-refractivity contribution in [3.05, 3.63) is 0 Å². The molecule has 2 bridgehead atoms. The van der Waals surface area contributed by atoms with Gasteiger partial charge >= 0.3 is 0 Å². The van der Waals surface area contributed by atoms with E-state index in [1.165, 1.54) is 0 Å². The summed E-state index contributed by atoms with van der Waals surface area (Å²) in [4.78, 5) is 13.9. The predicted octanol–water partition coefficient (Wildman–Crippen LogP) is 1.37. The van der Waals surface area contributed by atoms with Gasteiger partial charge in [0.25, 0.3) is 0 Å². The van der Waals surface area contributed by atoms with Crippen molar-refractivity contribution in [3.63, 3.8) is 0 Å². The molecule has 1 amide bonds. The average molecular weight is 210 g/mol. The van der Waals surface area contributed by atoms with Gasteiger partial charge in [-0.3, -0.25) is 4.79 Å². The summed E-state index contributed by atoms with van der Waals surface area (Å²) in [6.07, 6.45) is 6.64. The molecule has 3 aliphatic carbocycles. The third kappa shape index (κ3) is 1.57. The maximum atomic E-state index is 12.2. The van der Waals surface area contributed by atoms with Crippen LogP contribution in [0.15, 0.2) is 0 Å². The highest BCUT2D eigenvalue weighted by Gasteiger charge is 2.51. The highest BCUT2D eigenvalue weighted by atomic mass is 16.2. The van der Waals surface area contributed by atoms with E-state index in [2.05, 4.69) is 0 Å². The van der Waals surface area contributed by atoms with Crippen molar-refractivity contribution in [2.45, 2.75) is 38.5 Å². The van der Waals surface area contributed by atoms with E-state index in [0.717, 1.165) is 45.1 Å². The first-order valence-corrected chi connectivity index (χ1v) is 5.96. The van der Waals surface area contributed by atoms with E-state index in [4.69, 9.17) is 5.73 Å². The van der Waals surface area contributed by atoms with E-state index in [1.54, 1.807) is 4.90 Å². The zero-order valence-corrected chi connectivity index (χ0v) is 9.88. The lowest BCUT2D eigenvalue weighted by Gasteiger charge is -2.52. The number of fused-ring (bicyclic) bond motifs is 3. The Bertz CT molecular complexity index is 248. The van der Waals surface area contributed by atoms with E-state index in [-0.39, 0.29) is 5.41 Å². The lowest BCUT2D eigenvalue weighted by Crippen LogP contribution is -2.51. The third-order valence-corrected chi connectivity index (χ3v) is 4.69. The van der Waals surface area contributed by atoms with Gasteiger partial charge < -0.3 is 10.6 Å². The van der Waals surface area contributed by atoms with Gasteiger partial charge in [0.05, 0.1) is 0 Å². The molecule has 0 unspecified atom stereocenters. The maximum absolute atomic E-state index is 12.2. The molecule has 0 aliphatic heterocycles. The fourth-order valence-corrected chi connectivity index (χ4v) is 3.36. The Morgan fingerprint density at radius 3 is 1.93 bits per heavy atom. The van der Waals surface area contributed by atoms with E-state index in [0.29, 0.717) is 11.3 Å². The van der Waals surface area contributed by atoms with Gasteiger partial charge in [-0.15, -0.1) is 0 Å². The van der Waals surface area contributed by atoms with Crippen LogP contribution in [0.4, 0.5) is 0 Å². The van der Waals surface area contributed by atoms with Crippen LogP contribution in [0.2, 0.25) is 0 Å². The molecule has 0 saturated heterocycles. The van der Waals surface area contributed by atoms with Crippen LogP contribution in [0.5, 0.6) is 0 Å². The molecule has 3 nitrogen and oxygen atoms in total. The predicted molar refractivity (Wildman–Crippen MR) is 60.3 cm³/mol. The van der Waals surface area contributed by atoms with Crippen LogP contribution in [0.25, 0.3) is 0 Å². The molecular formula is C12H22N2O. The van der Waals surface area contributed by atoms with E-state index in [9.17, 15) is 4.79 Å². The van der Waals surface area contributed by atoms with Gasteiger partial charge in [0.15, 0.2) is 0 Å². The smallest absolute Gasteiger partial charge is 0.228 e. The number of carbonyl (C=O) groups excluding carboxylic acids is 1. The van der Waals surface area contributed by atoms with Gasteiger partial charge in [0.1, 0.15) is 0 Å². The number of nitrogens with two attached hydrogens (primary N) is 1. The average Bonchev–Trinajstić information content (AvgIpc) is 2.30. The molecule has 0 aromatic heterocycles. The largest absolute Gasteiger partial charge is 0.348 e. The van der Waals surface area contributed by atoms with Crippen LogP contribution in [0, 0.1) is 10.8 Å². The van der Waals surface area contributed by atoms with Crippen LogP contribution in [0.1, 0.15) is 38.5 Å². The van der Waals surface area contributed by atoms with Crippen LogP contribution < -0.4 is 5.73 Å². The first kappa shape index (κ1) is 10.9. The van der Waals surface area contributed by atoms with Crippen molar-refractivity contribution in [2.75, 3.05) is 20.6 Å². The first-order valence-electron chi connectivity index (χ1n) is 5.96. The van der Waals surface area contributed by atoms with Crippen molar-refractivity contribution < 1.29 is 4.79 Å². The first-order chi connectivity index (χ1) is 7.04. The second-order valence-electron chi connectivity index (χ2n) is 5.68. The lowest BCUT2D eigenvalue weighted by atomic mass is 9.53. The number of nitrogens with zero attached hydrogens (tertiary/aromatic N) is 1. The minimum absolute atomic E-state index is 0.0274. The van der Waals surface area contributed by atoms with Crippen molar-refractivity contribution in [1.29, 1.82) is 0 Å². The van der Waals surface area contributed by atoms with Crippen molar-refractivity contribution >= 4 is 5.91 Å². The summed E-state index contributed by atoms with van der Waals surface area (Å²) < 4.78 is 0. The van der Waals surface area contributed by atoms with Crippen molar-refractivity contribution in [1.82, 2.24) is 4.90 Å². The summed E-state index contributed by atoms with van der Waals surface area (Å²) in [5.41, 5.74) is 6.21. The van der Waals surface area contributed by atoms with Crippen LogP contribution in [0.3, 0.4) is 0 Å². The molecule has 15 heavy (non-hydrogen) atoms. The quantitative estimate of drug-likeness (QED) is 0.748. The van der Waals surface area contributed by atoms with Gasteiger partial charge in [-0.25, -0.2) is 0 Å². The van der Waals surface area contributed by atoms with Gasteiger partial charge in [-0.05, 0) is 50.5 Å². The molecule has 0 aromatic rings. The summed E-state index contributed by atoms with van der Waals surface area (Å²) in [6.45, 7) is 0.805. The highest BCUT2D eigenvalue weighted by Crippen LogP contribution is 2.56. The molecule has 86 valence electrons. The van der Waals surface area contributed by atoms with Gasteiger partial charge in [-0.2, -0.15) is 0 Å². The topological polar surface area (TPSA) is 46.3 Å². The normalized spacial score (nSPS) is 39.1. The number of amides is 1. The molecule has 3 rings (SSSR count). The summed E-state index contributed by atoms with van der Waals surface area (Å²) in [7, 11) is 3.74. The summed E-state index contributed by atoms with van der Waals surface area (Å²) in [6, 6.07) is 0. The van der Waals surface area contributed by atoms with Crippen molar-refractivity contribution in [3.8, 4) is 0 Å². The second-order valence-corrected chi connectivity index (χ2v) is 5.68. The lowest BCUT2D eigenvalue weighted by molar-refractivity contribution is -0.148. The van der Waals surface area contributed by atoms with Crippen LogP contribution in [-0.4, -0.2) is 31.4 Å². The number of carbonyl (C=O) groups is 1. The minimum Gasteiger partial charge on any atom is -0.348 e. The second kappa shape index (κ2) is 3.48. The molecule has 0 radical (unpaired) electrons. The van der Waals surface area contributed by atoms with Crippen LogP contribution >= 0.6 is 0 Å². The summed E-state index contributed by atoms with van der Waals surface area (Å²) in [5, 5.41) is 0. The molecule has 3 fully saturated rings. The maximum Gasteiger partial charge on any atom is 0.228 e. The molecule has 3 heteroatoms. The molecule has 0 atom stereocenters. The Balaban J connectivity index is 2.13. The van der Waals surface area contributed by atoms with E-state index >= 15 is 0 Å². The Morgan fingerprint density at radius 2 is 1.60 bits per heavy atom. The van der Waals surface area contributed by atoms with E-state index in [1.807, 2.05) is 14.1 Å².